The average Bonchev–Trinajstić information content (AvgIpc) is 2.27. The van der Waals surface area contributed by atoms with Crippen molar-refractivity contribution in [3.05, 3.63) is 35.4 Å². The SMILES string of the molecule is CC(NC(=O)C1(CN)CCC1)c1c(F)cccc1F. The van der Waals surface area contributed by atoms with Gasteiger partial charge < -0.3 is 11.1 Å². The van der Waals surface area contributed by atoms with Gasteiger partial charge in [0, 0.05) is 12.1 Å². The first-order valence-corrected chi connectivity index (χ1v) is 6.45. The molecule has 0 heterocycles. The summed E-state index contributed by atoms with van der Waals surface area (Å²) in [4.78, 5) is 12.1. The zero-order chi connectivity index (χ0) is 14.0. The normalized spacial score (nSPS) is 18.5. The molecular weight excluding hydrogens is 250 g/mol. The molecule has 0 saturated heterocycles. The molecule has 0 bridgehead atoms. The molecule has 3 nitrogen and oxygen atoms in total. The molecule has 2 rings (SSSR count). The molecule has 3 N–H and O–H groups in total. The van der Waals surface area contributed by atoms with E-state index in [1.54, 1.807) is 6.92 Å². The molecule has 1 saturated carbocycles. The van der Waals surface area contributed by atoms with Crippen molar-refractivity contribution in [3.63, 3.8) is 0 Å². The third-order valence-corrected chi connectivity index (χ3v) is 3.96. The monoisotopic (exact) mass is 268 g/mol. The predicted octanol–water partition coefficient (Wildman–Crippen LogP) is 2.27. The molecule has 1 unspecified atom stereocenters. The smallest absolute Gasteiger partial charge is 0.227 e. The Labute approximate surface area is 111 Å². The first-order chi connectivity index (χ1) is 9.00. The summed E-state index contributed by atoms with van der Waals surface area (Å²) in [5.41, 5.74) is 4.98. The molecule has 0 aromatic heterocycles. The van der Waals surface area contributed by atoms with E-state index in [9.17, 15) is 13.6 Å². The number of rotatable bonds is 4. The van der Waals surface area contributed by atoms with Crippen molar-refractivity contribution >= 4 is 5.91 Å². The fourth-order valence-corrected chi connectivity index (χ4v) is 2.47. The fraction of sp³-hybridized carbons (Fsp3) is 0.500. The molecule has 1 aliphatic carbocycles. The number of carbonyl (C=O) groups is 1. The molecule has 104 valence electrons. The van der Waals surface area contributed by atoms with Crippen molar-refractivity contribution in [3.8, 4) is 0 Å². The minimum atomic E-state index is -0.710. The van der Waals surface area contributed by atoms with Crippen LogP contribution in [0.3, 0.4) is 0 Å². The van der Waals surface area contributed by atoms with E-state index in [0.29, 0.717) is 0 Å². The van der Waals surface area contributed by atoms with E-state index in [-0.39, 0.29) is 18.0 Å². The summed E-state index contributed by atoms with van der Waals surface area (Å²) >= 11 is 0. The van der Waals surface area contributed by atoms with Gasteiger partial charge in [-0.15, -0.1) is 0 Å². The Morgan fingerprint density at radius 1 is 1.42 bits per heavy atom. The summed E-state index contributed by atoms with van der Waals surface area (Å²) in [6.07, 6.45) is 2.44. The number of hydrogen-bond donors (Lipinski definition) is 2. The maximum atomic E-state index is 13.6. The molecule has 1 aromatic rings. The van der Waals surface area contributed by atoms with E-state index >= 15 is 0 Å². The molecule has 1 aliphatic rings. The highest BCUT2D eigenvalue weighted by Crippen LogP contribution is 2.40. The van der Waals surface area contributed by atoms with Crippen molar-refractivity contribution in [1.29, 1.82) is 0 Å². The molecule has 0 spiro atoms. The number of hydrogen-bond acceptors (Lipinski definition) is 2. The van der Waals surface area contributed by atoms with Crippen molar-refractivity contribution in [1.82, 2.24) is 5.32 Å². The van der Waals surface area contributed by atoms with Crippen molar-refractivity contribution < 1.29 is 13.6 Å². The van der Waals surface area contributed by atoms with Crippen molar-refractivity contribution in [2.75, 3.05) is 6.54 Å². The molecule has 19 heavy (non-hydrogen) atoms. The van der Waals surface area contributed by atoms with Crippen LogP contribution in [0.15, 0.2) is 18.2 Å². The van der Waals surface area contributed by atoms with Crippen molar-refractivity contribution in [2.45, 2.75) is 32.2 Å². The Bertz CT molecular complexity index is 461. The van der Waals surface area contributed by atoms with Gasteiger partial charge in [0.1, 0.15) is 11.6 Å². The quantitative estimate of drug-likeness (QED) is 0.880. The lowest BCUT2D eigenvalue weighted by Crippen LogP contribution is -2.50. The molecule has 1 aromatic carbocycles. The lowest BCUT2D eigenvalue weighted by Gasteiger charge is -2.39. The van der Waals surface area contributed by atoms with E-state index < -0.39 is 23.1 Å². The van der Waals surface area contributed by atoms with Gasteiger partial charge in [0.05, 0.1) is 11.5 Å². The number of nitrogens with two attached hydrogens (primary N) is 1. The Morgan fingerprint density at radius 2 is 2.00 bits per heavy atom. The molecule has 1 amide bonds. The molecule has 0 radical (unpaired) electrons. The topological polar surface area (TPSA) is 55.1 Å². The Kier molecular flexibility index (Phi) is 3.85. The second kappa shape index (κ2) is 5.25. The molecule has 0 aliphatic heterocycles. The number of benzene rings is 1. The molecule has 5 heteroatoms. The highest BCUT2D eigenvalue weighted by atomic mass is 19.1. The molecule has 1 atom stereocenters. The second-order valence-corrected chi connectivity index (χ2v) is 5.17. The summed E-state index contributed by atoms with van der Waals surface area (Å²) < 4.78 is 27.2. The van der Waals surface area contributed by atoms with Crippen LogP contribution in [0.4, 0.5) is 8.78 Å². The fourth-order valence-electron chi connectivity index (χ4n) is 2.47. The van der Waals surface area contributed by atoms with Gasteiger partial charge >= 0.3 is 0 Å². The van der Waals surface area contributed by atoms with Crippen LogP contribution in [0.1, 0.15) is 37.8 Å². The highest BCUT2D eigenvalue weighted by molar-refractivity contribution is 5.84. The van der Waals surface area contributed by atoms with Crippen LogP contribution < -0.4 is 11.1 Å². The van der Waals surface area contributed by atoms with Crippen LogP contribution >= 0.6 is 0 Å². The predicted molar refractivity (Wildman–Crippen MR) is 68.3 cm³/mol. The zero-order valence-electron chi connectivity index (χ0n) is 10.9. The molecule has 1 fully saturated rings. The standard InChI is InChI=1S/C14H18F2N2O/c1-9(12-10(15)4-2-5-11(12)16)18-13(19)14(8-17)6-3-7-14/h2,4-5,9H,3,6-8,17H2,1H3,(H,18,19). The van der Waals surface area contributed by atoms with Gasteiger partial charge in [-0.2, -0.15) is 0 Å². The second-order valence-electron chi connectivity index (χ2n) is 5.17. The van der Waals surface area contributed by atoms with Crippen LogP contribution in [-0.4, -0.2) is 12.5 Å². The first kappa shape index (κ1) is 13.9. The number of carbonyl (C=O) groups excluding carboxylic acids is 1. The largest absolute Gasteiger partial charge is 0.349 e. The van der Waals surface area contributed by atoms with Crippen LogP contribution in [0.5, 0.6) is 0 Å². The van der Waals surface area contributed by atoms with E-state index in [2.05, 4.69) is 5.32 Å². The lowest BCUT2D eigenvalue weighted by atomic mass is 9.68. The number of nitrogens with one attached hydrogen (secondary N) is 1. The van der Waals surface area contributed by atoms with E-state index in [4.69, 9.17) is 5.73 Å². The summed E-state index contributed by atoms with van der Waals surface area (Å²) in [5.74, 6) is -1.51. The van der Waals surface area contributed by atoms with Gasteiger partial charge in [-0.3, -0.25) is 4.79 Å². The van der Waals surface area contributed by atoms with E-state index in [1.807, 2.05) is 0 Å². The summed E-state index contributed by atoms with van der Waals surface area (Å²) in [6, 6.07) is 2.96. The van der Waals surface area contributed by atoms with Gasteiger partial charge in [0.15, 0.2) is 0 Å². The lowest BCUT2D eigenvalue weighted by molar-refractivity contribution is -0.135. The number of amides is 1. The van der Waals surface area contributed by atoms with Crippen LogP contribution in [0.25, 0.3) is 0 Å². The first-order valence-electron chi connectivity index (χ1n) is 6.45. The summed E-state index contributed by atoms with van der Waals surface area (Å²) in [5, 5.41) is 2.67. The minimum absolute atomic E-state index is 0.109. The summed E-state index contributed by atoms with van der Waals surface area (Å²) in [7, 11) is 0. The van der Waals surface area contributed by atoms with Crippen LogP contribution in [-0.2, 0) is 4.79 Å². The van der Waals surface area contributed by atoms with E-state index in [0.717, 1.165) is 19.3 Å². The third kappa shape index (κ3) is 2.47. The van der Waals surface area contributed by atoms with Gasteiger partial charge in [-0.1, -0.05) is 12.5 Å². The Morgan fingerprint density at radius 3 is 2.42 bits per heavy atom. The zero-order valence-corrected chi connectivity index (χ0v) is 10.9. The van der Waals surface area contributed by atoms with Crippen molar-refractivity contribution in [2.24, 2.45) is 11.1 Å². The summed E-state index contributed by atoms with van der Waals surface area (Å²) in [6.45, 7) is 1.84. The third-order valence-electron chi connectivity index (χ3n) is 3.96. The minimum Gasteiger partial charge on any atom is -0.349 e. The Balaban J connectivity index is 2.13. The van der Waals surface area contributed by atoms with Gasteiger partial charge in [-0.05, 0) is 31.9 Å². The van der Waals surface area contributed by atoms with Crippen LogP contribution in [0.2, 0.25) is 0 Å². The van der Waals surface area contributed by atoms with Gasteiger partial charge in [-0.25, -0.2) is 8.78 Å². The van der Waals surface area contributed by atoms with Gasteiger partial charge in [0.25, 0.3) is 0 Å². The van der Waals surface area contributed by atoms with E-state index in [1.165, 1.54) is 18.2 Å². The maximum absolute atomic E-state index is 13.6. The average molecular weight is 268 g/mol. The van der Waals surface area contributed by atoms with Gasteiger partial charge in [0.2, 0.25) is 5.91 Å². The maximum Gasteiger partial charge on any atom is 0.227 e. The van der Waals surface area contributed by atoms with Crippen LogP contribution in [0, 0.1) is 17.0 Å². The molecular formula is C14H18F2N2O. The Hall–Kier alpha value is -1.49. The number of halogens is 2. The highest BCUT2D eigenvalue weighted by Gasteiger charge is 2.43.